The van der Waals surface area contributed by atoms with Crippen molar-refractivity contribution in [2.45, 2.75) is 16.7 Å². The second kappa shape index (κ2) is 4.09. The van der Waals surface area contributed by atoms with Gasteiger partial charge in [0.05, 0.1) is 23.1 Å². The fraction of sp³-hybridized carbons (Fsp3) is 0.0588. The Morgan fingerprint density at radius 2 is 1.71 bits per heavy atom. The van der Waals surface area contributed by atoms with Crippen LogP contribution < -0.4 is 0 Å². The van der Waals surface area contributed by atoms with Gasteiger partial charge >= 0.3 is 0 Å². The minimum Gasteiger partial charge on any atom is -0.314 e. The molecule has 0 amide bonds. The quantitative estimate of drug-likeness (QED) is 0.430. The van der Waals surface area contributed by atoms with Gasteiger partial charge in [-0.25, -0.2) is 9.97 Å². The molecule has 1 aliphatic heterocycles. The number of rotatable bonds is 0. The van der Waals surface area contributed by atoms with Gasteiger partial charge in [-0.05, 0) is 36.0 Å². The minimum atomic E-state index is 0.843. The van der Waals surface area contributed by atoms with E-state index in [0.717, 1.165) is 27.8 Å². The van der Waals surface area contributed by atoms with Crippen molar-refractivity contribution in [2.24, 2.45) is 0 Å². The molecule has 100 valence electrons. The number of para-hydroxylation sites is 3. The van der Waals surface area contributed by atoms with E-state index in [2.05, 4.69) is 47.0 Å². The molecule has 1 aliphatic rings. The van der Waals surface area contributed by atoms with Gasteiger partial charge in [0, 0.05) is 10.9 Å². The lowest BCUT2D eigenvalue weighted by molar-refractivity contribution is 0.699. The third-order valence-corrected chi connectivity index (χ3v) is 4.94. The first-order valence-electron chi connectivity index (χ1n) is 6.90. The zero-order valence-electron chi connectivity index (χ0n) is 11.2. The average molecular weight is 289 g/mol. The Kier molecular flexibility index (Phi) is 2.21. The van der Waals surface area contributed by atoms with Crippen LogP contribution in [0.1, 0.15) is 5.56 Å². The van der Waals surface area contributed by atoms with Gasteiger partial charge in [0.2, 0.25) is 0 Å². The van der Waals surface area contributed by atoms with Gasteiger partial charge in [-0.15, -0.1) is 0 Å². The summed E-state index contributed by atoms with van der Waals surface area (Å²) < 4.78 is 2.28. The summed E-state index contributed by atoms with van der Waals surface area (Å²) in [5.41, 5.74) is 4.57. The zero-order valence-corrected chi connectivity index (χ0v) is 12.0. The lowest BCUT2D eigenvalue weighted by Gasteiger charge is -2.17. The van der Waals surface area contributed by atoms with Crippen molar-refractivity contribution < 1.29 is 0 Å². The summed E-state index contributed by atoms with van der Waals surface area (Å²) in [6, 6.07) is 18.8. The summed E-state index contributed by atoms with van der Waals surface area (Å²) in [4.78, 5) is 9.51. The van der Waals surface area contributed by atoms with Gasteiger partial charge in [-0.1, -0.05) is 30.3 Å². The van der Waals surface area contributed by atoms with Crippen molar-refractivity contribution in [1.82, 2.24) is 14.5 Å². The average Bonchev–Trinajstić information content (AvgIpc) is 2.88. The standard InChI is InChI=1S/C17H11N3S/c1-2-6-13-11(5-1)9-12-10-20-15-8-4-3-7-14(15)19-17(20)21-16(12)18-13/h1-9H,10H2. The largest absolute Gasteiger partial charge is 0.314 e. The van der Waals surface area contributed by atoms with Crippen molar-refractivity contribution in [3.63, 3.8) is 0 Å². The van der Waals surface area contributed by atoms with Crippen LogP contribution in [0.4, 0.5) is 0 Å². The SMILES string of the molecule is c1ccc2nc3c(cc2c1)Cn1c(nc2ccccc21)S3. The molecule has 0 unspecified atom stereocenters. The van der Waals surface area contributed by atoms with E-state index in [4.69, 9.17) is 9.97 Å². The van der Waals surface area contributed by atoms with Gasteiger partial charge < -0.3 is 4.57 Å². The maximum Gasteiger partial charge on any atom is 0.175 e. The number of pyridine rings is 1. The second-order valence-electron chi connectivity index (χ2n) is 5.22. The summed E-state index contributed by atoms with van der Waals surface area (Å²) >= 11 is 1.66. The monoisotopic (exact) mass is 289 g/mol. The molecule has 0 atom stereocenters. The highest BCUT2D eigenvalue weighted by atomic mass is 32.2. The molecule has 0 saturated heterocycles. The highest BCUT2D eigenvalue weighted by molar-refractivity contribution is 7.99. The lowest BCUT2D eigenvalue weighted by atomic mass is 10.1. The molecule has 0 saturated carbocycles. The first-order valence-corrected chi connectivity index (χ1v) is 7.72. The molecule has 5 rings (SSSR count). The molecular formula is C17H11N3S. The van der Waals surface area contributed by atoms with Crippen LogP contribution in [0.2, 0.25) is 0 Å². The molecule has 0 aliphatic carbocycles. The number of imidazole rings is 1. The fourth-order valence-corrected chi connectivity index (χ4v) is 3.87. The number of nitrogens with zero attached hydrogens (tertiary/aromatic N) is 3. The fourth-order valence-electron chi connectivity index (χ4n) is 2.88. The Morgan fingerprint density at radius 3 is 2.67 bits per heavy atom. The van der Waals surface area contributed by atoms with Gasteiger partial charge in [-0.3, -0.25) is 0 Å². The Balaban J connectivity index is 1.75. The van der Waals surface area contributed by atoms with E-state index in [1.54, 1.807) is 11.8 Å². The maximum atomic E-state index is 4.79. The number of aromatic nitrogens is 3. The molecule has 21 heavy (non-hydrogen) atoms. The van der Waals surface area contributed by atoms with Crippen molar-refractivity contribution >= 4 is 33.7 Å². The van der Waals surface area contributed by atoms with E-state index >= 15 is 0 Å². The molecule has 2 aromatic heterocycles. The van der Waals surface area contributed by atoms with E-state index < -0.39 is 0 Å². The zero-order chi connectivity index (χ0) is 13.8. The third kappa shape index (κ3) is 1.63. The molecule has 0 fully saturated rings. The van der Waals surface area contributed by atoms with Crippen LogP contribution in [0.3, 0.4) is 0 Å². The lowest BCUT2D eigenvalue weighted by Crippen LogP contribution is -2.08. The highest BCUT2D eigenvalue weighted by Crippen LogP contribution is 2.37. The molecule has 4 aromatic rings. The van der Waals surface area contributed by atoms with Crippen LogP contribution in [0, 0.1) is 0 Å². The van der Waals surface area contributed by atoms with E-state index in [1.165, 1.54) is 16.5 Å². The molecule has 2 aromatic carbocycles. The van der Waals surface area contributed by atoms with Crippen molar-refractivity contribution in [3.8, 4) is 0 Å². The molecule has 0 radical (unpaired) electrons. The van der Waals surface area contributed by atoms with Crippen LogP contribution in [-0.4, -0.2) is 14.5 Å². The summed E-state index contributed by atoms with van der Waals surface area (Å²) in [5, 5.41) is 3.31. The molecular weight excluding hydrogens is 278 g/mol. The molecule has 0 spiro atoms. The molecule has 0 N–H and O–H groups in total. The van der Waals surface area contributed by atoms with E-state index in [9.17, 15) is 0 Å². The van der Waals surface area contributed by atoms with E-state index in [1.807, 2.05) is 12.1 Å². The number of hydrogen-bond acceptors (Lipinski definition) is 3. The van der Waals surface area contributed by atoms with E-state index in [0.29, 0.717) is 0 Å². The Morgan fingerprint density at radius 1 is 0.905 bits per heavy atom. The van der Waals surface area contributed by atoms with Gasteiger partial charge in [0.1, 0.15) is 5.03 Å². The van der Waals surface area contributed by atoms with Crippen LogP contribution in [0.15, 0.2) is 64.8 Å². The van der Waals surface area contributed by atoms with Crippen molar-refractivity contribution in [2.75, 3.05) is 0 Å². The topological polar surface area (TPSA) is 30.7 Å². The summed E-state index contributed by atoms with van der Waals surface area (Å²) in [7, 11) is 0. The Hall–Kier alpha value is -2.33. The first-order chi connectivity index (χ1) is 10.4. The highest BCUT2D eigenvalue weighted by Gasteiger charge is 2.21. The smallest absolute Gasteiger partial charge is 0.175 e. The number of hydrogen-bond donors (Lipinski definition) is 0. The molecule has 0 bridgehead atoms. The van der Waals surface area contributed by atoms with Crippen molar-refractivity contribution in [1.29, 1.82) is 0 Å². The van der Waals surface area contributed by atoms with Gasteiger partial charge in [-0.2, -0.15) is 0 Å². The number of benzene rings is 2. The normalized spacial score (nSPS) is 13.3. The summed E-state index contributed by atoms with van der Waals surface area (Å²) in [6.45, 7) is 0.843. The van der Waals surface area contributed by atoms with Gasteiger partial charge in [0.25, 0.3) is 0 Å². The third-order valence-electron chi connectivity index (χ3n) is 3.90. The predicted octanol–water partition coefficient (Wildman–Crippen LogP) is 4.10. The Bertz CT molecular complexity index is 1000. The van der Waals surface area contributed by atoms with Crippen LogP contribution in [-0.2, 0) is 6.54 Å². The number of fused-ring (bicyclic) bond motifs is 5. The van der Waals surface area contributed by atoms with Crippen molar-refractivity contribution in [3.05, 3.63) is 60.2 Å². The Labute approximate surface area is 125 Å². The van der Waals surface area contributed by atoms with E-state index in [-0.39, 0.29) is 0 Å². The molecule has 3 heterocycles. The van der Waals surface area contributed by atoms with Crippen LogP contribution >= 0.6 is 11.8 Å². The predicted molar refractivity (Wildman–Crippen MR) is 84.7 cm³/mol. The molecule has 3 nitrogen and oxygen atoms in total. The summed E-state index contributed by atoms with van der Waals surface area (Å²) in [6.07, 6.45) is 0. The molecule has 4 heteroatoms. The second-order valence-corrected chi connectivity index (χ2v) is 6.17. The minimum absolute atomic E-state index is 0.843. The maximum absolute atomic E-state index is 4.79. The summed E-state index contributed by atoms with van der Waals surface area (Å²) in [5.74, 6) is 0. The van der Waals surface area contributed by atoms with Gasteiger partial charge in [0.15, 0.2) is 5.16 Å². The van der Waals surface area contributed by atoms with Crippen LogP contribution in [0.5, 0.6) is 0 Å². The first kappa shape index (κ1) is 11.3. The van der Waals surface area contributed by atoms with Crippen LogP contribution in [0.25, 0.3) is 21.9 Å².